The fourth-order valence-corrected chi connectivity index (χ4v) is 4.40. The van der Waals surface area contributed by atoms with E-state index < -0.39 is 23.7 Å². The van der Waals surface area contributed by atoms with E-state index >= 15 is 0 Å². The number of thiophene rings is 1. The van der Waals surface area contributed by atoms with E-state index in [1.165, 1.54) is 18.3 Å². The number of amides is 1. The summed E-state index contributed by atoms with van der Waals surface area (Å²) in [7, 11) is 0. The third kappa shape index (κ3) is 5.82. The molecular weight excluding hydrogens is 476 g/mol. The molecule has 0 aliphatic rings. The summed E-state index contributed by atoms with van der Waals surface area (Å²) in [5.74, 6) is -0.960. The van der Waals surface area contributed by atoms with Crippen LogP contribution < -0.4 is 19.5 Å². The summed E-state index contributed by atoms with van der Waals surface area (Å²) in [4.78, 5) is 25.2. The highest BCUT2D eigenvalue weighted by Crippen LogP contribution is 2.38. The van der Waals surface area contributed by atoms with Crippen molar-refractivity contribution in [3.63, 3.8) is 0 Å². The maximum Gasteiger partial charge on any atom is 0.249 e. The van der Waals surface area contributed by atoms with Crippen LogP contribution in [0, 0.1) is 17.2 Å². The fraction of sp³-hybridized carbons (Fsp3) is 0.179. The highest BCUT2D eigenvalue weighted by molar-refractivity contribution is 7.13. The number of rotatable bonds is 10. The van der Waals surface area contributed by atoms with E-state index in [0.717, 1.165) is 21.6 Å². The lowest BCUT2D eigenvalue weighted by Gasteiger charge is -2.17. The minimum atomic E-state index is -1.49. The van der Waals surface area contributed by atoms with Crippen molar-refractivity contribution in [1.29, 1.82) is 5.26 Å². The highest BCUT2D eigenvalue weighted by atomic mass is 32.1. The molecule has 1 aromatic heterocycles. The van der Waals surface area contributed by atoms with Crippen molar-refractivity contribution in [3.8, 4) is 28.4 Å². The molecule has 4 rings (SSSR count). The first-order valence-corrected chi connectivity index (χ1v) is 12.2. The fourth-order valence-electron chi connectivity index (χ4n) is 3.52. The number of carbonyl (C=O) groups is 2. The Bertz CT molecular complexity index is 1390. The molecule has 182 valence electrons. The van der Waals surface area contributed by atoms with Gasteiger partial charge in [0.25, 0.3) is 0 Å². The Balaban J connectivity index is 1.37. The molecule has 4 aromatic rings. The number of carbonyl (C=O) groups excluding carboxylic acids is 2. The van der Waals surface area contributed by atoms with Crippen LogP contribution >= 0.6 is 11.3 Å². The zero-order valence-corrected chi connectivity index (χ0v) is 20.6. The molecule has 2 unspecified atom stereocenters. The van der Waals surface area contributed by atoms with Crippen molar-refractivity contribution in [2.24, 2.45) is 5.92 Å². The number of benzene rings is 3. The zero-order valence-electron chi connectivity index (χ0n) is 19.8. The van der Waals surface area contributed by atoms with Gasteiger partial charge in [-0.3, -0.25) is 9.59 Å². The average molecular weight is 501 g/mol. The molecule has 1 heterocycles. The predicted molar refractivity (Wildman–Crippen MR) is 139 cm³/mol. The number of nitrogens with one attached hydrogen (secondary N) is 1. The number of anilines is 1. The summed E-state index contributed by atoms with van der Waals surface area (Å²) in [5.41, 5.74) is 0.507. The number of Topliss-reactive ketones (excluding diaryl/α,β-unsaturated/α-hetero) is 1. The maximum absolute atomic E-state index is 12.7. The molecule has 0 spiro atoms. The molecule has 0 aliphatic carbocycles. The second-order valence-corrected chi connectivity index (χ2v) is 8.70. The van der Waals surface area contributed by atoms with Crippen LogP contribution in [-0.2, 0) is 9.59 Å². The molecular formula is C28H24N2O5S. The molecule has 1 amide bonds. The van der Waals surface area contributed by atoms with Crippen molar-refractivity contribution in [2.75, 3.05) is 11.9 Å². The SMILES string of the molecule is CCOc1ccc2c(Oc3ccc(OC(C)C(=O)C(C#N)C(=O)Nc4ccccc4)cc3)scc2c1. The van der Waals surface area contributed by atoms with Crippen LogP contribution in [0.2, 0.25) is 0 Å². The number of hydrogen-bond acceptors (Lipinski definition) is 7. The Morgan fingerprint density at radius 1 is 1.00 bits per heavy atom. The Kier molecular flexibility index (Phi) is 7.83. The number of ketones is 1. The van der Waals surface area contributed by atoms with Crippen LogP contribution in [-0.4, -0.2) is 24.4 Å². The number of nitrogens with zero attached hydrogens (tertiary/aromatic N) is 1. The second-order valence-electron chi connectivity index (χ2n) is 7.86. The average Bonchev–Trinajstić information content (AvgIpc) is 3.28. The number of fused-ring (bicyclic) bond motifs is 1. The van der Waals surface area contributed by atoms with Crippen molar-refractivity contribution in [3.05, 3.63) is 78.2 Å². The van der Waals surface area contributed by atoms with Crippen LogP contribution in [0.3, 0.4) is 0 Å². The summed E-state index contributed by atoms with van der Waals surface area (Å²) < 4.78 is 17.3. The van der Waals surface area contributed by atoms with Gasteiger partial charge in [-0.25, -0.2) is 0 Å². The maximum atomic E-state index is 12.7. The molecule has 0 saturated heterocycles. The van der Waals surface area contributed by atoms with Gasteiger partial charge in [-0.05, 0) is 73.8 Å². The van der Waals surface area contributed by atoms with Gasteiger partial charge in [0.05, 0.1) is 12.7 Å². The van der Waals surface area contributed by atoms with Gasteiger partial charge >= 0.3 is 0 Å². The normalized spacial score (nSPS) is 12.2. The second kappa shape index (κ2) is 11.4. The molecule has 1 N–H and O–H groups in total. The molecule has 7 nitrogen and oxygen atoms in total. The van der Waals surface area contributed by atoms with Gasteiger partial charge in [0.15, 0.2) is 22.9 Å². The zero-order chi connectivity index (χ0) is 25.5. The van der Waals surface area contributed by atoms with Crippen LogP contribution in [0.25, 0.3) is 10.8 Å². The first kappa shape index (κ1) is 24.8. The van der Waals surface area contributed by atoms with E-state index in [4.69, 9.17) is 14.2 Å². The van der Waals surface area contributed by atoms with E-state index in [0.29, 0.717) is 23.8 Å². The number of para-hydroxylation sites is 1. The number of ether oxygens (including phenoxy) is 3. The third-order valence-corrected chi connectivity index (χ3v) is 6.20. The smallest absolute Gasteiger partial charge is 0.249 e. The van der Waals surface area contributed by atoms with Gasteiger partial charge in [-0.15, -0.1) is 11.3 Å². The Hall–Kier alpha value is -4.35. The van der Waals surface area contributed by atoms with Crippen molar-refractivity contribution >= 4 is 39.5 Å². The van der Waals surface area contributed by atoms with Crippen LogP contribution in [0.15, 0.2) is 78.2 Å². The predicted octanol–water partition coefficient (Wildman–Crippen LogP) is 6.21. The summed E-state index contributed by atoms with van der Waals surface area (Å²) in [6.07, 6.45) is -0.997. The van der Waals surface area contributed by atoms with E-state index in [1.807, 2.05) is 30.5 Å². The number of hydrogen-bond donors (Lipinski definition) is 1. The largest absolute Gasteiger partial charge is 0.494 e. The molecule has 2 atom stereocenters. The summed E-state index contributed by atoms with van der Waals surface area (Å²) >= 11 is 1.49. The summed E-state index contributed by atoms with van der Waals surface area (Å²) in [6.45, 7) is 4.07. The van der Waals surface area contributed by atoms with Crippen LogP contribution in [0.5, 0.6) is 22.3 Å². The first-order chi connectivity index (χ1) is 17.5. The molecule has 36 heavy (non-hydrogen) atoms. The lowest BCUT2D eigenvalue weighted by atomic mass is 10.0. The van der Waals surface area contributed by atoms with E-state index in [2.05, 4.69) is 5.32 Å². The lowest BCUT2D eigenvalue weighted by molar-refractivity contribution is -0.133. The minimum Gasteiger partial charge on any atom is -0.494 e. The van der Waals surface area contributed by atoms with Crippen molar-refractivity contribution < 1.29 is 23.8 Å². The van der Waals surface area contributed by atoms with Gasteiger partial charge in [0.2, 0.25) is 5.91 Å². The molecule has 0 bridgehead atoms. The Morgan fingerprint density at radius 3 is 2.39 bits per heavy atom. The van der Waals surface area contributed by atoms with Gasteiger partial charge in [0.1, 0.15) is 17.2 Å². The molecule has 3 aromatic carbocycles. The quantitative estimate of drug-likeness (QED) is 0.260. The van der Waals surface area contributed by atoms with Crippen molar-refractivity contribution in [1.82, 2.24) is 0 Å². The molecule has 8 heteroatoms. The Labute approximate surface area is 212 Å². The summed E-state index contributed by atoms with van der Waals surface area (Å²) in [5, 5.41) is 16.8. The van der Waals surface area contributed by atoms with Gasteiger partial charge in [-0.1, -0.05) is 18.2 Å². The lowest BCUT2D eigenvalue weighted by Crippen LogP contribution is -2.37. The molecule has 0 radical (unpaired) electrons. The minimum absolute atomic E-state index is 0.417. The highest BCUT2D eigenvalue weighted by Gasteiger charge is 2.31. The van der Waals surface area contributed by atoms with Gasteiger partial charge in [0, 0.05) is 16.5 Å². The molecule has 0 fully saturated rings. The van der Waals surface area contributed by atoms with Crippen LogP contribution in [0.4, 0.5) is 5.69 Å². The van der Waals surface area contributed by atoms with Crippen LogP contribution in [0.1, 0.15) is 13.8 Å². The van der Waals surface area contributed by atoms with Crippen molar-refractivity contribution in [2.45, 2.75) is 20.0 Å². The van der Waals surface area contributed by atoms with E-state index in [1.54, 1.807) is 60.7 Å². The van der Waals surface area contributed by atoms with E-state index in [-0.39, 0.29) is 0 Å². The van der Waals surface area contributed by atoms with E-state index in [9.17, 15) is 14.9 Å². The third-order valence-electron chi connectivity index (χ3n) is 5.31. The standard InChI is InChI=1S/C28H24N2O5S/c1-3-33-23-13-14-24-19(15-23)17-36-28(24)35-22-11-9-21(10-12-22)34-18(2)26(31)25(16-29)27(32)30-20-7-5-4-6-8-20/h4-15,17-18,25H,3H2,1-2H3,(H,30,32). The molecule has 0 saturated carbocycles. The van der Waals surface area contributed by atoms with Gasteiger partial charge in [-0.2, -0.15) is 5.26 Å². The number of nitriles is 1. The first-order valence-electron chi connectivity index (χ1n) is 11.4. The van der Waals surface area contributed by atoms with Gasteiger partial charge < -0.3 is 19.5 Å². The summed E-state index contributed by atoms with van der Waals surface area (Å²) in [6, 6.07) is 23.1. The topological polar surface area (TPSA) is 97.7 Å². The molecule has 0 aliphatic heterocycles. The Morgan fingerprint density at radius 2 is 1.69 bits per heavy atom. The monoisotopic (exact) mass is 500 g/mol.